The van der Waals surface area contributed by atoms with Gasteiger partial charge in [0.25, 0.3) is 16.8 Å². The van der Waals surface area contributed by atoms with Crippen molar-refractivity contribution in [2.75, 3.05) is 20.3 Å². The quantitative estimate of drug-likeness (QED) is 0.308. The van der Waals surface area contributed by atoms with Crippen molar-refractivity contribution >= 4 is 40.6 Å². The van der Waals surface area contributed by atoms with Gasteiger partial charge in [-0.25, -0.2) is 0 Å². The molecule has 10 nitrogen and oxygen atoms in total. The number of nitro groups is 1. The van der Waals surface area contributed by atoms with Crippen LogP contribution in [0, 0.1) is 10.1 Å². The van der Waals surface area contributed by atoms with E-state index >= 15 is 0 Å². The standard InChI is InChI=1S/C15H14N2O8S/c1-3-25-12(18)7-16-14(20)11(26-15(16)21)5-8-4-9(17(22)23)6-10(24-2)13(8)19/h4-6,19H,3,7H2,1-2H3/p-1/b11-5-. The van der Waals surface area contributed by atoms with Crippen LogP contribution >= 0.6 is 11.8 Å². The molecule has 26 heavy (non-hydrogen) atoms. The zero-order valence-electron chi connectivity index (χ0n) is 13.7. The molecule has 0 atom stereocenters. The summed E-state index contributed by atoms with van der Waals surface area (Å²) in [6.07, 6.45) is 1.06. The smallest absolute Gasteiger partial charge is 0.326 e. The lowest BCUT2D eigenvalue weighted by atomic mass is 10.1. The van der Waals surface area contributed by atoms with Gasteiger partial charge in [0, 0.05) is 6.07 Å². The number of nitrogens with zero attached hydrogens (tertiary/aromatic N) is 2. The second-order valence-electron chi connectivity index (χ2n) is 4.90. The molecule has 0 saturated carbocycles. The molecule has 138 valence electrons. The number of ether oxygens (including phenoxy) is 2. The lowest BCUT2D eigenvalue weighted by molar-refractivity contribution is -0.385. The minimum absolute atomic E-state index is 0.0952. The molecule has 0 spiro atoms. The van der Waals surface area contributed by atoms with E-state index in [1.54, 1.807) is 6.92 Å². The van der Waals surface area contributed by atoms with Crippen LogP contribution in [0.1, 0.15) is 12.5 Å². The Morgan fingerprint density at radius 2 is 2.08 bits per heavy atom. The largest absolute Gasteiger partial charge is 0.870 e. The number of imide groups is 1. The number of rotatable bonds is 6. The first-order chi connectivity index (χ1) is 12.3. The average Bonchev–Trinajstić information content (AvgIpc) is 2.84. The predicted molar refractivity (Wildman–Crippen MR) is 88.4 cm³/mol. The minimum Gasteiger partial charge on any atom is -0.870 e. The minimum atomic E-state index is -0.794. The third kappa shape index (κ3) is 3.94. The first-order valence-electron chi connectivity index (χ1n) is 7.22. The van der Waals surface area contributed by atoms with Crippen molar-refractivity contribution in [2.24, 2.45) is 0 Å². The Bertz CT molecular complexity index is 820. The molecule has 0 aliphatic carbocycles. The van der Waals surface area contributed by atoms with E-state index in [1.807, 2.05) is 0 Å². The molecule has 1 aliphatic heterocycles. The van der Waals surface area contributed by atoms with Crippen molar-refractivity contribution < 1.29 is 33.9 Å². The molecule has 0 bridgehead atoms. The Morgan fingerprint density at radius 1 is 1.38 bits per heavy atom. The summed E-state index contributed by atoms with van der Waals surface area (Å²) in [5, 5.41) is 22.5. The third-order valence-electron chi connectivity index (χ3n) is 3.25. The number of methoxy groups -OCH3 is 1. The van der Waals surface area contributed by atoms with Gasteiger partial charge in [0.2, 0.25) is 0 Å². The van der Waals surface area contributed by atoms with Crippen LogP contribution in [0.25, 0.3) is 6.08 Å². The van der Waals surface area contributed by atoms with Crippen molar-refractivity contribution in [3.63, 3.8) is 0 Å². The molecular formula is C15H13N2O8S-. The average molecular weight is 381 g/mol. The van der Waals surface area contributed by atoms with Gasteiger partial charge in [-0.15, -0.1) is 0 Å². The summed E-state index contributed by atoms with van der Waals surface area (Å²) in [6.45, 7) is 1.12. The highest BCUT2D eigenvalue weighted by Gasteiger charge is 2.36. The zero-order chi connectivity index (χ0) is 19.4. The highest BCUT2D eigenvalue weighted by molar-refractivity contribution is 8.18. The zero-order valence-corrected chi connectivity index (χ0v) is 14.5. The molecule has 1 saturated heterocycles. The van der Waals surface area contributed by atoms with Gasteiger partial charge in [-0.2, -0.15) is 0 Å². The van der Waals surface area contributed by atoms with Gasteiger partial charge in [0.15, 0.2) is 0 Å². The molecule has 2 rings (SSSR count). The number of esters is 1. The molecule has 0 unspecified atom stereocenters. The molecule has 1 fully saturated rings. The van der Waals surface area contributed by atoms with E-state index in [-0.39, 0.29) is 22.8 Å². The number of carbonyl (C=O) groups is 3. The summed E-state index contributed by atoms with van der Waals surface area (Å²) < 4.78 is 9.50. The maximum atomic E-state index is 12.3. The molecule has 1 heterocycles. The first-order valence-corrected chi connectivity index (χ1v) is 8.04. The van der Waals surface area contributed by atoms with Gasteiger partial charge in [-0.3, -0.25) is 29.4 Å². The van der Waals surface area contributed by atoms with Gasteiger partial charge in [0.1, 0.15) is 12.3 Å². The molecule has 1 aromatic rings. The van der Waals surface area contributed by atoms with Crippen LogP contribution in [0.5, 0.6) is 11.5 Å². The Labute approximate surface area is 151 Å². The fourth-order valence-electron chi connectivity index (χ4n) is 2.09. The first kappa shape index (κ1) is 19.2. The number of hydrogen-bond donors (Lipinski definition) is 0. The third-order valence-corrected chi connectivity index (χ3v) is 4.16. The summed E-state index contributed by atoms with van der Waals surface area (Å²) in [4.78, 5) is 46.5. The van der Waals surface area contributed by atoms with Crippen molar-refractivity contribution in [2.45, 2.75) is 6.92 Å². The summed E-state index contributed by atoms with van der Waals surface area (Å²) in [5.41, 5.74) is -0.587. The summed E-state index contributed by atoms with van der Waals surface area (Å²) in [5.74, 6) is -2.48. The van der Waals surface area contributed by atoms with Crippen LogP contribution in [0.3, 0.4) is 0 Å². The fourth-order valence-corrected chi connectivity index (χ4v) is 2.92. The Morgan fingerprint density at radius 3 is 2.65 bits per heavy atom. The van der Waals surface area contributed by atoms with Crippen molar-refractivity contribution in [1.82, 2.24) is 4.90 Å². The molecule has 2 amide bonds. The molecule has 0 N–H and O–H groups in total. The Hall–Kier alpha value is -3.08. The van der Waals surface area contributed by atoms with Gasteiger partial charge in [0.05, 0.1) is 29.6 Å². The van der Waals surface area contributed by atoms with Gasteiger partial charge in [-0.05, 0) is 30.3 Å². The van der Waals surface area contributed by atoms with Crippen LogP contribution in [0.4, 0.5) is 10.5 Å². The van der Waals surface area contributed by atoms with Crippen molar-refractivity contribution in [3.8, 4) is 11.5 Å². The highest BCUT2D eigenvalue weighted by Crippen LogP contribution is 2.37. The Kier molecular flexibility index (Phi) is 5.82. The second kappa shape index (κ2) is 7.87. The van der Waals surface area contributed by atoms with Crippen LogP contribution in [0.2, 0.25) is 0 Å². The number of thioether (sulfide) groups is 1. The number of carbonyl (C=O) groups excluding carboxylic acids is 3. The second-order valence-corrected chi connectivity index (χ2v) is 5.89. The normalized spacial score (nSPS) is 15.5. The number of benzene rings is 1. The SMILES string of the molecule is CCOC(=O)CN1C(=O)S/C(=C\c2cc([N+](=O)[O-])cc(OC)c2[O-])C1=O. The molecule has 0 aromatic heterocycles. The van der Waals surface area contributed by atoms with E-state index in [0.29, 0.717) is 16.7 Å². The van der Waals surface area contributed by atoms with Crippen molar-refractivity contribution in [1.29, 1.82) is 0 Å². The van der Waals surface area contributed by atoms with Gasteiger partial charge < -0.3 is 14.6 Å². The number of hydrogen-bond acceptors (Lipinski definition) is 9. The molecule has 11 heteroatoms. The number of nitro benzene ring substituents is 1. The van der Waals surface area contributed by atoms with Crippen LogP contribution in [-0.4, -0.2) is 47.2 Å². The van der Waals surface area contributed by atoms with Crippen LogP contribution in [-0.2, 0) is 14.3 Å². The van der Waals surface area contributed by atoms with Crippen LogP contribution < -0.4 is 9.84 Å². The molecule has 0 radical (unpaired) electrons. The fraction of sp³-hybridized carbons (Fsp3) is 0.267. The van der Waals surface area contributed by atoms with Gasteiger partial charge >= 0.3 is 5.97 Å². The predicted octanol–water partition coefficient (Wildman–Crippen LogP) is 1.28. The lowest BCUT2D eigenvalue weighted by Gasteiger charge is -2.15. The monoisotopic (exact) mass is 381 g/mol. The van der Waals surface area contributed by atoms with E-state index < -0.39 is 40.0 Å². The molecule has 1 aliphatic rings. The summed E-state index contributed by atoms with van der Waals surface area (Å²) >= 11 is 0.514. The van der Waals surface area contributed by atoms with E-state index in [0.717, 1.165) is 18.2 Å². The maximum Gasteiger partial charge on any atom is 0.326 e. The van der Waals surface area contributed by atoms with Gasteiger partial charge in [-0.1, -0.05) is 5.75 Å². The van der Waals surface area contributed by atoms with E-state index in [1.165, 1.54) is 7.11 Å². The number of amides is 2. The molecular weight excluding hydrogens is 368 g/mol. The molecule has 1 aromatic carbocycles. The van der Waals surface area contributed by atoms with E-state index in [9.17, 15) is 29.6 Å². The highest BCUT2D eigenvalue weighted by atomic mass is 32.2. The summed E-state index contributed by atoms with van der Waals surface area (Å²) in [7, 11) is 1.18. The Balaban J connectivity index is 2.37. The van der Waals surface area contributed by atoms with E-state index in [4.69, 9.17) is 9.47 Å². The topological polar surface area (TPSA) is 139 Å². The van der Waals surface area contributed by atoms with Crippen LogP contribution in [0.15, 0.2) is 17.0 Å². The number of non-ortho nitro benzene ring substituents is 1. The summed E-state index contributed by atoms with van der Waals surface area (Å²) in [6, 6.07) is 1.94. The van der Waals surface area contributed by atoms with Crippen molar-refractivity contribution in [3.05, 3.63) is 32.7 Å². The van der Waals surface area contributed by atoms with E-state index in [2.05, 4.69) is 0 Å². The maximum absolute atomic E-state index is 12.3. The lowest BCUT2D eigenvalue weighted by Crippen LogP contribution is -2.34.